The number of nitrogens with one attached hydrogen (secondary N) is 2. The largest absolute Gasteiger partial charge is 0.496 e. The first kappa shape index (κ1) is 15.9. The van der Waals surface area contributed by atoms with Crippen molar-refractivity contribution in [3.63, 3.8) is 0 Å². The highest BCUT2D eigenvalue weighted by atomic mass is 16.7. The van der Waals surface area contributed by atoms with E-state index in [1.165, 1.54) is 0 Å². The van der Waals surface area contributed by atoms with Gasteiger partial charge in [-0.15, -0.1) is 5.10 Å². The molecule has 8 nitrogen and oxygen atoms in total. The Bertz CT molecular complexity index is 919. The summed E-state index contributed by atoms with van der Waals surface area (Å²) in [5.41, 5.74) is 1.83. The van der Waals surface area contributed by atoms with Crippen molar-refractivity contribution in [3.05, 3.63) is 54.2 Å². The second-order valence-electron chi connectivity index (χ2n) is 5.52. The number of fused-ring (bicyclic) bond motifs is 1. The zero-order valence-electron chi connectivity index (χ0n) is 14.1. The van der Waals surface area contributed by atoms with E-state index in [4.69, 9.17) is 14.2 Å². The van der Waals surface area contributed by atoms with Crippen molar-refractivity contribution < 1.29 is 14.2 Å². The first-order chi connectivity index (χ1) is 12.8. The van der Waals surface area contributed by atoms with Gasteiger partial charge in [-0.3, -0.25) is 0 Å². The van der Waals surface area contributed by atoms with Crippen molar-refractivity contribution in [2.75, 3.05) is 24.5 Å². The number of para-hydroxylation sites is 1. The highest BCUT2D eigenvalue weighted by Crippen LogP contribution is 2.34. The minimum atomic E-state index is 0.241. The van der Waals surface area contributed by atoms with E-state index in [0.29, 0.717) is 24.1 Å². The fourth-order valence-electron chi connectivity index (χ4n) is 2.58. The minimum absolute atomic E-state index is 0.241. The van der Waals surface area contributed by atoms with Crippen molar-refractivity contribution in [1.82, 2.24) is 15.2 Å². The summed E-state index contributed by atoms with van der Waals surface area (Å²) in [5, 5.41) is 14.3. The van der Waals surface area contributed by atoms with Gasteiger partial charge in [0, 0.05) is 23.9 Å². The van der Waals surface area contributed by atoms with Crippen LogP contribution in [0.15, 0.2) is 48.7 Å². The second-order valence-corrected chi connectivity index (χ2v) is 5.52. The molecule has 0 atom stereocenters. The Kier molecular flexibility index (Phi) is 4.38. The third-order valence-corrected chi connectivity index (χ3v) is 3.83. The molecule has 0 aliphatic carbocycles. The van der Waals surface area contributed by atoms with Crippen LogP contribution in [-0.4, -0.2) is 29.1 Å². The van der Waals surface area contributed by atoms with Crippen molar-refractivity contribution >= 4 is 17.5 Å². The molecular formula is C18H17N5O3. The standard InChI is InChI=1S/C18H17N5O3/c1-24-14-5-3-2-4-12(14)9-19-18-22-17(10-20-23-18)21-13-6-7-15-16(8-13)26-11-25-15/h2-8,10H,9,11H2,1H3,(H2,19,21,22,23). The molecule has 4 rings (SSSR count). The molecule has 2 N–H and O–H groups in total. The summed E-state index contributed by atoms with van der Waals surface area (Å²) in [6, 6.07) is 13.4. The topological polar surface area (TPSA) is 90.4 Å². The van der Waals surface area contributed by atoms with Gasteiger partial charge in [0.25, 0.3) is 0 Å². The van der Waals surface area contributed by atoms with Crippen LogP contribution < -0.4 is 24.8 Å². The normalized spacial score (nSPS) is 11.9. The van der Waals surface area contributed by atoms with Crippen LogP contribution >= 0.6 is 0 Å². The zero-order valence-corrected chi connectivity index (χ0v) is 14.1. The van der Waals surface area contributed by atoms with E-state index >= 15 is 0 Å². The molecule has 1 aliphatic rings. The summed E-state index contributed by atoms with van der Waals surface area (Å²) in [7, 11) is 1.65. The molecule has 2 aromatic carbocycles. The molecule has 0 saturated heterocycles. The molecule has 0 saturated carbocycles. The Morgan fingerprint density at radius 3 is 2.92 bits per heavy atom. The third kappa shape index (κ3) is 3.44. The molecule has 0 bridgehead atoms. The van der Waals surface area contributed by atoms with Crippen LogP contribution in [0, 0.1) is 0 Å². The number of methoxy groups -OCH3 is 1. The number of benzene rings is 2. The summed E-state index contributed by atoms with van der Waals surface area (Å²) in [6.07, 6.45) is 1.55. The maximum Gasteiger partial charge on any atom is 0.244 e. The molecular weight excluding hydrogens is 334 g/mol. The number of nitrogens with zero attached hydrogens (tertiary/aromatic N) is 3. The molecule has 0 spiro atoms. The second kappa shape index (κ2) is 7.14. The lowest BCUT2D eigenvalue weighted by atomic mass is 10.2. The van der Waals surface area contributed by atoms with Crippen LogP contribution in [0.3, 0.4) is 0 Å². The molecule has 0 fully saturated rings. The summed E-state index contributed by atoms with van der Waals surface area (Å²) < 4.78 is 16.0. The first-order valence-electron chi connectivity index (χ1n) is 8.04. The maximum atomic E-state index is 5.38. The quantitative estimate of drug-likeness (QED) is 0.700. The number of rotatable bonds is 6. The monoisotopic (exact) mass is 351 g/mol. The molecule has 8 heteroatoms. The van der Waals surface area contributed by atoms with Gasteiger partial charge in [0.15, 0.2) is 17.3 Å². The van der Waals surface area contributed by atoms with Crippen LogP contribution in [0.5, 0.6) is 17.2 Å². The van der Waals surface area contributed by atoms with Gasteiger partial charge in [0.05, 0.1) is 13.3 Å². The fraction of sp³-hybridized carbons (Fsp3) is 0.167. The number of hydrogen-bond donors (Lipinski definition) is 2. The summed E-state index contributed by atoms with van der Waals surface area (Å²) in [6.45, 7) is 0.768. The predicted molar refractivity (Wildman–Crippen MR) is 96.0 cm³/mol. The Balaban J connectivity index is 1.45. The summed E-state index contributed by atoms with van der Waals surface area (Å²) in [5.74, 6) is 3.23. The molecule has 3 aromatic rings. The van der Waals surface area contributed by atoms with Gasteiger partial charge in [0.1, 0.15) is 5.75 Å². The smallest absolute Gasteiger partial charge is 0.244 e. The van der Waals surface area contributed by atoms with Gasteiger partial charge in [-0.2, -0.15) is 10.1 Å². The van der Waals surface area contributed by atoms with Crippen LogP contribution in [0.25, 0.3) is 0 Å². The summed E-state index contributed by atoms with van der Waals surface area (Å²) in [4.78, 5) is 4.42. The fourth-order valence-corrected chi connectivity index (χ4v) is 2.58. The molecule has 132 valence electrons. The number of anilines is 3. The molecule has 0 radical (unpaired) electrons. The van der Waals surface area contributed by atoms with E-state index in [-0.39, 0.29) is 6.79 Å². The molecule has 2 heterocycles. The lowest BCUT2D eigenvalue weighted by Crippen LogP contribution is -2.07. The predicted octanol–water partition coefficient (Wildman–Crippen LogP) is 2.96. The van der Waals surface area contributed by atoms with E-state index < -0.39 is 0 Å². The van der Waals surface area contributed by atoms with Crippen LogP contribution in [0.1, 0.15) is 5.56 Å². The van der Waals surface area contributed by atoms with Crippen LogP contribution in [0.2, 0.25) is 0 Å². The van der Waals surface area contributed by atoms with E-state index in [1.54, 1.807) is 13.3 Å². The highest BCUT2D eigenvalue weighted by Gasteiger charge is 2.13. The molecule has 26 heavy (non-hydrogen) atoms. The average Bonchev–Trinajstić information content (AvgIpc) is 3.15. The highest BCUT2D eigenvalue weighted by molar-refractivity contribution is 5.61. The molecule has 0 amide bonds. The number of hydrogen-bond acceptors (Lipinski definition) is 8. The SMILES string of the molecule is COc1ccccc1CNc1nncc(Nc2ccc3c(c2)OCO3)n1. The molecule has 1 aliphatic heterocycles. The van der Waals surface area contributed by atoms with E-state index in [1.807, 2.05) is 42.5 Å². The van der Waals surface area contributed by atoms with E-state index in [0.717, 1.165) is 22.7 Å². The van der Waals surface area contributed by atoms with Gasteiger partial charge >= 0.3 is 0 Å². The van der Waals surface area contributed by atoms with Crippen molar-refractivity contribution in [3.8, 4) is 17.2 Å². The van der Waals surface area contributed by atoms with Gasteiger partial charge in [-0.1, -0.05) is 18.2 Å². The van der Waals surface area contributed by atoms with Gasteiger partial charge < -0.3 is 24.8 Å². The first-order valence-corrected chi connectivity index (χ1v) is 8.04. The molecule has 1 aromatic heterocycles. The van der Waals surface area contributed by atoms with Crippen molar-refractivity contribution in [2.45, 2.75) is 6.54 Å². The summed E-state index contributed by atoms with van der Waals surface area (Å²) >= 11 is 0. The maximum absolute atomic E-state index is 5.38. The zero-order chi connectivity index (χ0) is 17.8. The number of aromatic nitrogens is 3. The van der Waals surface area contributed by atoms with Crippen LogP contribution in [-0.2, 0) is 6.54 Å². The van der Waals surface area contributed by atoms with Crippen molar-refractivity contribution in [1.29, 1.82) is 0 Å². The van der Waals surface area contributed by atoms with Gasteiger partial charge in [0.2, 0.25) is 12.7 Å². The number of ether oxygens (including phenoxy) is 3. The van der Waals surface area contributed by atoms with Gasteiger partial charge in [-0.25, -0.2) is 0 Å². The van der Waals surface area contributed by atoms with E-state index in [9.17, 15) is 0 Å². The Hall–Kier alpha value is -3.55. The minimum Gasteiger partial charge on any atom is -0.496 e. The Morgan fingerprint density at radius 2 is 2.00 bits per heavy atom. The third-order valence-electron chi connectivity index (χ3n) is 3.83. The van der Waals surface area contributed by atoms with E-state index in [2.05, 4.69) is 25.8 Å². The van der Waals surface area contributed by atoms with Crippen LogP contribution in [0.4, 0.5) is 17.5 Å². The lowest BCUT2D eigenvalue weighted by Gasteiger charge is -2.10. The Morgan fingerprint density at radius 1 is 1.12 bits per heavy atom. The lowest BCUT2D eigenvalue weighted by molar-refractivity contribution is 0.174. The van der Waals surface area contributed by atoms with Gasteiger partial charge in [-0.05, 0) is 18.2 Å². The average molecular weight is 351 g/mol. The Labute approximate surface area is 150 Å². The van der Waals surface area contributed by atoms with Crippen molar-refractivity contribution in [2.24, 2.45) is 0 Å². The molecule has 0 unspecified atom stereocenters.